The first-order valence-electron chi connectivity index (χ1n) is 9.50. The first kappa shape index (κ1) is 20.3. The Morgan fingerprint density at radius 2 is 2.04 bits per heavy atom. The van der Waals surface area contributed by atoms with Gasteiger partial charge in [-0.25, -0.2) is 4.98 Å². The van der Waals surface area contributed by atoms with Gasteiger partial charge in [0.15, 0.2) is 0 Å². The van der Waals surface area contributed by atoms with Gasteiger partial charge in [-0.05, 0) is 55.7 Å². The second-order valence-electron chi connectivity index (χ2n) is 7.15. The van der Waals surface area contributed by atoms with E-state index in [9.17, 15) is 10.1 Å². The van der Waals surface area contributed by atoms with Gasteiger partial charge in [0.25, 0.3) is 0 Å². The third-order valence-electron chi connectivity index (χ3n) is 5.00. The second-order valence-corrected chi connectivity index (χ2v) is 7.59. The Morgan fingerprint density at radius 1 is 1.25 bits per heavy atom. The number of hydrogen-bond donors (Lipinski definition) is 3. The minimum Gasteiger partial charge on any atom is -0.364 e. The normalized spacial score (nSPS) is 19.2. The number of nitrogens with one attached hydrogen (secondary N) is 2. The van der Waals surface area contributed by atoms with Crippen LogP contribution in [0.25, 0.3) is 0 Å². The van der Waals surface area contributed by atoms with Crippen LogP contribution in [-0.4, -0.2) is 34.0 Å². The molecule has 3 rings (SSSR count). The largest absolute Gasteiger partial charge is 0.364 e. The fourth-order valence-electron chi connectivity index (χ4n) is 3.37. The fourth-order valence-corrected chi connectivity index (χ4v) is 3.58. The van der Waals surface area contributed by atoms with Crippen LogP contribution in [0, 0.1) is 16.0 Å². The highest BCUT2D eigenvalue weighted by Crippen LogP contribution is 2.26. The van der Waals surface area contributed by atoms with E-state index in [-0.39, 0.29) is 17.5 Å². The van der Waals surface area contributed by atoms with Crippen molar-refractivity contribution in [2.75, 3.05) is 23.7 Å². The highest BCUT2D eigenvalue weighted by atomic mass is 35.5. The molecule has 1 aromatic carbocycles. The zero-order chi connectivity index (χ0) is 19.9. The van der Waals surface area contributed by atoms with Crippen LogP contribution in [0.4, 0.5) is 17.5 Å². The molecule has 1 aliphatic rings. The molecular formula is C19H25ClN6O2. The summed E-state index contributed by atoms with van der Waals surface area (Å²) in [7, 11) is 0. The second kappa shape index (κ2) is 9.66. The van der Waals surface area contributed by atoms with Crippen molar-refractivity contribution in [2.24, 2.45) is 11.7 Å². The fraction of sp³-hybridized carbons (Fsp3) is 0.474. The summed E-state index contributed by atoms with van der Waals surface area (Å²) in [6.45, 7) is 1.24. The van der Waals surface area contributed by atoms with E-state index in [1.807, 2.05) is 24.3 Å². The molecular weight excluding hydrogens is 380 g/mol. The van der Waals surface area contributed by atoms with Crippen molar-refractivity contribution in [1.29, 1.82) is 0 Å². The molecule has 0 spiro atoms. The molecule has 1 heterocycles. The molecule has 0 bridgehead atoms. The molecule has 1 fully saturated rings. The van der Waals surface area contributed by atoms with Gasteiger partial charge in [0.1, 0.15) is 6.20 Å². The zero-order valence-electron chi connectivity index (χ0n) is 15.6. The monoisotopic (exact) mass is 404 g/mol. The smallest absolute Gasteiger partial charge is 0.329 e. The molecule has 0 radical (unpaired) electrons. The van der Waals surface area contributed by atoms with E-state index < -0.39 is 4.92 Å². The summed E-state index contributed by atoms with van der Waals surface area (Å²) >= 11 is 5.99. The van der Waals surface area contributed by atoms with E-state index in [0.29, 0.717) is 30.0 Å². The molecule has 150 valence electrons. The lowest BCUT2D eigenvalue weighted by Crippen LogP contribution is -2.29. The van der Waals surface area contributed by atoms with Crippen molar-refractivity contribution >= 4 is 29.1 Å². The summed E-state index contributed by atoms with van der Waals surface area (Å²) in [5.41, 5.74) is 6.91. The van der Waals surface area contributed by atoms with E-state index in [4.69, 9.17) is 17.3 Å². The lowest BCUT2D eigenvalue weighted by molar-refractivity contribution is -0.384. The quantitative estimate of drug-likeness (QED) is 0.454. The molecule has 1 saturated carbocycles. The molecule has 9 heteroatoms. The van der Waals surface area contributed by atoms with Crippen molar-refractivity contribution in [1.82, 2.24) is 9.97 Å². The van der Waals surface area contributed by atoms with Gasteiger partial charge in [0.2, 0.25) is 11.8 Å². The minimum absolute atomic E-state index is 0.118. The maximum Gasteiger partial charge on any atom is 0.329 e. The van der Waals surface area contributed by atoms with Crippen LogP contribution in [0.15, 0.2) is 30.5 Å². The summed E-state index contributed by atoms with van der Waals surface area (Å²) in [5, 5.41) is 18.3. The predicted octanol–water partition coefficient (Wildman–Crippen LogP) is 3.62. The van der Waals surface area contributed by atoms with Crippen LogP contribution < -0.4 is 16.4 Å². The Balaban J connectivity index is 1.59. The van der Waals surface area contributed by atoms with Crippen molar-refractivity contribution in [2.45, 2.75) is 38.1 Å². The molecule has 4 N–H and O–H groups in total. The first-order valence-corrected chi connectivity index (χ1v) is 9.88. The van der Waals surface area contributed by atoms with Gasteiger partial charge in [0, 0.05) is 24.2 Å². The SMILES string of the molecule is N[C@H]1CC[C@H](CNc2nc(NCCc3cccc(Cl)c3)ncc2[N+](=O)[O-])CC1. The van der Waals surface area contributed by atoms with Crippen LogP contribution in [0.5, 0.6) is 0 Å². The van der Waals surface area contributed by atoms with E-state index in [1.54, 1.807) is 0 Å². The molecule has 0 unspecified atom stereocenters. The predicted molar refractivity (Wildman–Crippen MR) is 111 cm³/mol. The maximum atomic E-state index is 11.3. The topological polar surface area (TPSA) is 119 Å². The molecule has 0 atom stereocenters. The van der Waals surface area contributed by atoms with Gasteiger partial charge in [0.05, 0.1) is 4.92 Å². The molecule has 0 saturated heterocycles. The number of anilines is 2. The number of hydrogen-bond acceptors (Lipinski definition) is 7. The van der Waals surface area contributed by atoms with Gasteiger partial charge >= 0.3 is 5.69 Å². The minimum atomic E-state index is -0.463. The number of nitrogens with two attached hydrogens (primary N) is 1. The van der Waals surface area contributed by atoms with E-state index >= 15 is 0 Å². The molecule has 2 aromatic rings. The highest BCUT2D eigenvalue weighted by Gasteiger charge is 2.21. The molecule has 8 nitrogen and oxygen atoms in total. The number of aromatic nitrogens is 2. The van der Waals surface area contributed by atoms with Crippen LogP contribution >= 0.6 is 11.6 Å². The highest BCUT2D eigenvalue weighted by molar-refractivity contribution is 6.30. The van der Waals surface area contributed by atoms with Gasteiger partial charge in [-0.2, -0.15) is 4.98 Å². The summed E-state index contributed by atoms with van der Waals surface area (Å²) in [5.74, 6) is 1.06. The number of rotatable bonds is 8. The number of nitro groups is 1. The third-order valence-corrected chi connectivity index (χ3v) is 5.24. The zero-order valence-corrected chi connectivity index (χ0v) is 16.4. The summed E-state index contributed by atoms with van der Waals surface area (Å²) in [6.07, 6.45) is 6.03. The van der Waals surface area contributed by atoms with Gasteiger partial charge < -0.3 is 16.4 Å². The van der Waals surface area contributed by atoms with E-state index in [0.717, 1.165) is 37.7 Å². The Morgan fingerprint density at radius 3 is 2.75 bits per heavy atom. The molecule has 0 aliphatic heterocycles. The third kappa shape index (κ3) is 5.77. The summed E-state index contributed by atoms with van der Waals surface area (Å²) < 4.78 is 0. The van der Waals surface area contributed by atoms with Gasteiger partial charge in [-0.1, -0.05) is 23.7 Å². The molecule has 1 aromatic heterocycles. The van der Waals surface area contributed by atoms with Crippen LogP contribution in [0.2, 0.25) is 5.02 Å². The van der Waals surface area contributed by atoms with E-state index in [1.165, 1.54) is 6.20 Å². The Labute approximate surface area is 169 Å². The average molecular weight is 405 g/mol. The lowest BCUT2D eigenvalue weighted by atomic mass is 9.86. The lowest BCUT2D eigenvalue weighted by Gasteiger charge is -2.26. The van der Waals surface area contributed by atoms with Gasteiger partial charge in [-0.15, -0.1) is 0 Å². The Hall–Kier alpha value is -2.45. The summed E-state index contributed by atoms with van der Waals surface area (Å²) in [4.78, 5) is 19.2. The summed E-state index contributed by atoms with van der Waals surface area (Å²) in [6, 6.07) is 7.91. The van der Waals surface area contributed by atoms with Crippen molar-refractivity contribution in [3.05, 3.63) is 51.2 Å². The molecule has 0 amide bonds. The average Bonchev–Trinajstić information content (AvgIpc) is 2.67. The van der Waals surface area contributed by atoms with E-state index in [2.05, 4.69) is 20.6 Å². The van der Waals surface area contributed by atoms with Gasteiger partial charge in [-0.3, -0.25) is 10.1 Å². The van der Waals surface area contributed by atoms with Crippen LogP contribution in [0.1, 0.15) is 31.2 Å². The first-order chi connectivity index (χ1) is 13.5. The number of halogens is 1. The van der Waals surface area contributed by atoms with Crippen molar-refractivity contribution in [3.63, 3.8) is 0 Å². The van der Waals surface area contributed by atoms with Crippen LogP contribution in [0.3, 0.4) is 0 Å². The number of benzene rings is 1. The van der Waals surface area contributed by atoms with Crippen LogP contribution in [-0.2, 0) is 6.42 Å². The standard InChI is InChI=1S/C19H25ClN6O2/c20-15-3-1-2-13(10-15)8-9-22-19-24-12-17(26(27)28)18(25-19)23-11-14-4-6-16(21)7-5-14/h1-3,10,12,14,16H,4-9,11,21H2,(H2,22,23,24,25)/t14-,16-. The van der Waals surface area contributed by atoms with Crippen molar-refractivity contribution < 1.29 is 4.92 Å². The molecule has 28 heavy (non-hydrogen) atoms. The Kier molecular flexibility index (Phi) is 7.00. The number of nitrogens with zero attached hydrogens (tertiary/aromatic N) is 3. The maximum absolute atomic E-state index is 11.3. The van der Waals surface area contributed by atoms with Crippen molar-refractivity contribution in [3.8, 4) is 0 Å². The Bertz CT molecular complexity index is 811. The molecule has 1 aliphatic carbocycles.